The summed E-state index contributed by atoms with van der Waals surface area (Å²) in [6.45, 7) is 14.0. The highest BCUT2D eigenvalue weighted by atomic mass is 79.9. The van der Waals surface area contributed by atoms with Gasteiger partial charge < -0.3 is 9.16 Å². The highest BCUT2D eigenvalue weighted by molar-refractivity contribution is 9.10. The second-order valence-corrected chi connectivity index (χ2v) is 12.8. The van der Waals surface area contributed by atoms with Crippen LogP contribution in [0.1, 0.15) is 34.1 Å². The second kappa shape index (κ2) is 7.44. The lowest BCUT2D eigenvalue weighted by atomic mass is 10.2. The molecule has 1 heterocycles. The normalized spacial score (nSPS) is 14.1. The molecule has 0 aliphatic carbocycles. The minimum atomic E-state index is -1.68. The lowest BCUT2D eigenvalue weighted by Gasteiger charge is -2.36. The molecule has 0 aliphatic rings. The molecule has 0 bridgehead atoms. The molecule has 0 spiro atoms. The summed E-state index contributed by atoms with van der Waals surface area (Å²) in [4.78, 5) is 3.99. The SMILES string of the molecule is CC(CCO[Si](C)(C)C(C)(C)C)Oc1cc(Cl)ncc1Br. The van der Waals surface area contributed by atoms with Crippen molar-refractivity contribution in [3.8, 4) is 5.75 Å². The molecule has 1 rings (SSSR count). The number of aromatic nitrogens is 1. The van der Waals surface area contributed by atoms with E-state index in [0.29, 0.717) is 11.8 Å². The van der Waals surface area contributed by atoms with E-state index in [1.165, 1.54) is 0 Å². The third kappa shape index (κ3) is 5.89. The second-order valence-electron chi connectivity index (χ2n) is 6.76. The average Bonchev–Trinajstić information content (AvgIpc) is 2.32. The summed E-state index contributed by atoms with van der Waals surface area (Å²) in [5.41, 5.74) is 0. The van der Waals surface area contributed by atoms with E-state index in [2.05, 4.69) is 54.8 Å². The smallest absolute Gasteiger partial charge is 0.191 e. The lowest BCUT2D eigenvalue weighted by molar-refractivity contribution is 0.170. The highest BCUT2D eigenvalue weighted by Crippen LogP contribution is 2.36. The van der Waals surface area contributed by atoms with Gasteiger partial charge in [-0.3, -0.25) is 0 Å². The standard InChI is InChI=1S/C15H25BrClNO2Si/c1-11(7-8-19-21(5,6)15(2,3)4)20-13-9-14(17)18-10-12(13)16/h9-11H,7-8H2,1-6H3. The number of ether oxygens (including phenoxy) is 1. The maximum absolute atomic E-state index is 6.16. The minimum absolute atomic E-state index is 0.0598. The molecule has 0 saturated carbocycles. The van der Waals surface area contributed by atoms with Gasteiger partial charge in [-0.1, -0.05) is 32.4 Å². The van der Waals surface area contributed by atoms with Crippen LogP contribution in [0.15, 0.2) is 16.7 Å². The van der Waals surface area contributed by atoms with E-state index in [1.807, 2.05) is 6.92 Å². The molecular weight excluding hydrogens is 370 g/mol. The summed E-state index contributed by atoms with van der Waals surface area (Å²) >= 11 is 9.30. The number of rotatable bonds is 6. The zero-order chi connectivity index (χ0) is 16.3. The van der Waals surface area contributed by atoms with Crippen LogP contribution in [0.5, 0.6) is 5.75 Å². The van der Waals surface area contributed by atoms with Crippen LogP contribution in [-0.4, -0.2) is 26.0 Å². The van der Waals surface area contributed by atoms with Gasteiger partial charge in [-0.2, -0.15) is 0 Å². The summed E-state index contributed by atoms with van der Waals surface area (Å²) in [5, 5.41) is 0.664. The highest BCUT2D eigenvalue weighted by Gasteiger charge is 2.36. The van der Waals surface area contributed by atoms with Gasteiger partial charge in [0.15, 0.2) is 8.32 Å². The fourth-order valence-corrected chi connectivity index (χ4v) is 2.98. The van der Waals surface area contributed by atoms with Crippen molar-refractivity contribution < 1.29 is 9.16 Å². The summed E-state index contributed by atoms with van der Waals surface area (Å²) < 4.78 is 12.9. The van der Waals surface area contributed by atoms with Gasteiger partial charge in [0, 0.05) is 25.3 Å². The molecule has 0 radical (unpaired) electrons. The van der Waals surface area contributed by atoms with Gasteiger partial charge in [0.25, 0.3) is 0 Å². The van der Waals surface area contributed by atoms with Crippen LogP contribution in [-0.2, 0) is 4.43 Å². The summed E-state index contributed by atoms with van der Waals surface area (Å²) in [7, 11) is -1.68. The molecule has 0 aliphatic heterocycles. The van der Waals surface area contributed by atoms with Crippen LogP contribution < -0.4 is 4.74 Å². The monoisotopic (exact) mass is 393 g/mol. The van der Waals surface area contributed by atoms with Crippen molar-refractivity contribution in [1.82, 2.24) is 4.98 Å². The van der Waals surface area contributed by atoms with Gasteiger partial charge in [-0.15, -0.1) is 0 Å². The first-order chi connectivity index (χ1) is 9.53. The fourth-order valence-electron chi connectivity index (χ4n) is 1.46. The molecule has 1 unspecified atom stereocenters. The van der Waals surface area contributed by atoms with Crippen molar-refractivity contribution >= 4 is 35.8 Å². The summed E-state index contributed by atoms with van der Waals surface area (Å²) in [6, 6.07) is 1.72. The maximum Gasteiger partial charge on any atom is 0.191 e. The molecule has 120 valence electrons. The van der Waals surface area contributed by atoms with E-state index < -0.39 is 8.32 Å². The first-order valence-corrected chi connectivity index (χ1v) is 11.2. The van der Waals surface area contributed by atoms with E-state index in [1.54, 1.807) is 12.3 Å². The Kier molecular flexibility index (Phi) is 6.71. The van der Waals surface area contributed by atoms with E-state index in [4.69, 9.17) is 20.8 Å². The average molecular weight is 395 g/mol. The van der Waals surface area contributed by atoms with Gasteiger partial charge >= 0.3 is 0 Å². The first-order valence-electron chi connectivity index (χ1n) is 7.14. The zero-order valence-corrected chi connectivity index (χ0v) is 17.0. The summed E-state index contributed by atoms with van der Waals surface area (Å²) in [5.74, 6) is 0.717. The molecule has 0 fully saturated rings. The minimum Gasteiger partial charge on any atom is -0.489 e. The van der Waals surface area contributed by atoms with Gasteiger partial charge in [0.2, 0.25) is 0 Å². The number of halogens is 2. The largest absolute Gasteiger partial charge is 0.489 e. The Bertz CT molecular complexity index is 477. The van der Waals surface area contributed by atoms with Crippen molar-refractivity contribution in [1.29, 1.82) is 0 Å². The fraction of sp³-hybridized carbons (Fsp3) is 0.667. The van der Waals surface area contributed by atoms with Crippen LogP contribution >= 0.6 is 27.5 Å². The van der Waals surface area contributed by atoms with E-state index in [0.717, 1.165) is 16.6 Å². The third-order valence-electron chi connectivity index (χ3n) is 3.91. The Balaban J connectivity index is 2.48. The molecule has 0 N–H and O–H groups in total. The van der Waals surface area contributed by atoms with E-state index >= 15 is 0 Å². The van der Waals surface area contributed by atoms with Gasteiger partial charge in [0.1, 0.15) is 10.9 Å². The van der Waals surface area contributed by atoms with E-state index in [9.17, 15) is 0 Å². The van der Waals surface area contributed by atoms with Crippen LogP contribution in [0.4, 0.5) is 0 Å². The maximum atomic E-state index is 6.16. The van der Waals surface area contributed by atoms with Crippen molar-refractivity contribution in [2.75, 3.05) is 6.61 Å². The van der Waals surface area contributed by atoms with Crippen molar-refractivity contribution in [2.45, 2.75) is 58.4 Å². The summed E-state index contributed by atoms with van der Waals surface area (Å²) in [6.07, 6.45) is 2.56. The van der Waals surface area contributed by atoms with Gasteiger partial charge in [-0.25, -0.2) is 4.98 Å². The number of nitrogens with zero attached hydrogens (tertiary/aromatic N) is 1. The Hall–Kier alpha value is -0.103. The van der Waals surface area contributed by atoms with Crippen LogP contribution in [0.2, 0.25) is 23.3 Å². The number of hydrogen-bond donors (Lipinski definition) is 0. The van der Waals surface area contributed by atoms with Crippen molar-refractivity contribution in [3.63, 3.8) is 0 Å². The molecule has 0 saturated heterocycles. The predicted octanol–water partition coefficient (Wildman–Crippen LogP) is 5.68. The molecule has 3 nitrogen and oxygen atoms in total. The molecule has 1 atom stereocenters. The zero-order valence-electron chi connectivity index (χ0n) is 13.7. The van der Waals surface area contributed by atoms with Gasteiger partial charge in [0.05, 0.1) is 10.6 Å². The Labute approximate surface area is 142 Å². The van der Waals surface area contributed by atoms with Crippen molar-refractivity contribution in [2.24, 2.45) is 0 Å². The third-order valence-corrected chi connectivity index (χ3v) is 9.25. The molecule has 1 aromatic heterocycles. The molecule has 0 amide bonds. The van der Waals surface area contributed by atoms with Gasteiger partial charge in [-0.05, 0) is 41.0 Å². The quantitative estimate of drug-likeness (QED) is 0.459. The number of hydrogen-bond acceptors (Lipinski definition) is 3. The Morgan fingerprint density at radius 3 is 2.57 bits per heavy atom. The van der Waals surface area contributed by atoms with E-state index in [-0.39, 0.29) is 11.1 Å². The first kappa shape index (κ1) is 18.9. The van der Waals surface area contributed by atoms with Crippen LogP contribution in [0, 0.1) is 0 Å². The molecule has 21 heavy (non-hydrogen) atoms. The molecule has 1 aromatic rings. The van der Waals surface area contributed by atoms with Crippen molar-refractivity contribution in [3.05, 3.63) is 21.9 Å². The lowest BCUT2D eigenvalue weighted by Crippen LogP contribution is -2.41. The number of pyridine rings is 1. The predicted molar refractivity (Wildman–Crippen MR) is 94.8 cm³/mol. The van der Waals surface area contributed by atoms with Crippen LogP contribution in [0.25, 0.3) is 0 Å². The Morgan fingerprint density at radius 2 is 2.00 bits per heavy atom. The molecule has 0 aromatic carbocycles. The Morgan fingerprint density at radius 1 is 1.38 bits per heavy atom. The molecule has 6 heteroatoms. The topological polar surface area (TPSA) is 31.4 Å². The van der Waals surface area contributed by atoms with Crippen LogP contribution in [0.3, 0.4) is 0 Å². The molecular formula is C15H25BrClNO2Si.